The molecule has 0 bridgehead atoms. The normalized spacial score (nSPS) is 17.7. The number of rotatable bonds is 7. The number of urea groups is 1. The molecule has 164 valence electrons. The fraction of sp³-hybridized carbons (Fsp3) is 0.269. The number of carbonyl (C=O) groups excluding carboxylic acids is 2. The molecular weight excluding hydrogens is 400 g/mol. The predicted octanol–water partition coefficient (Wildman–Crippen LogP) is 3.72. The average molecular weight is 429 g/mol. The highest BCUT2D eigenvalue weighted by molar-refractivity contribution is 6.05. The monoisotopic (exact) mass is 428 g/mol. The van der Waals surface area contributed by atoms with Crippen molar-refractivity contribution in [3.05, 3.63) is 101 Å². The van der Waals surface area contributed by atoms with Crippen molar-refractivity contribution < 1.29 is 9.59 Å². The molecule has 2 amide bonds. The number of aromatic nitrogens is 1. The van der Waals surface area contributed by atoms with Gasteiger partial charge in [0.15, 0.2) is 5.78 Å². The number of nitrogens with one attached hydrogen (secondary N) is 2. The zero-order chi connectivity index (χ0) is 22.4. The lowest BCUT2D eigenvalue weighted by Crippen LogP contribution is -2.59. The van der Waals surface area contributed by atoms with Crippen molar-refractivity contribution in [2.24, 2.45) is 0 Å². The van der Waals surface area contributed by atoms with Crippen LogP contribution in [0.3, 0.4) is 0 Å². The molecule has 1 aliphatic heterocycles. The second-order valence-electron chi connectivity index (χ2n) is 8.28. The highest BCUT2D eigenvalue weighted by Crippen LogP contribution is 2.22. The summed E-state index contributed by atoms with van der Waals surface area (Å²) in [6.45, 7) is 3.85. The third-order valence-corrected chi connectivity index (χ3v) is 5.83. The van der Waals surface area contributed by atoms with Gasteiger partial charge in [0.2, 0.25) is 0 Å². The molecule has 0 radical (unpaired) electrons. The van der Waals surface area contributed by atoms with Gasteiger partial charge in [-0.15, -0.1) is 0 Å². The largest absolute Gasteiger partial charge is 0.324 e. The maximum Gasteiger partial charge on any atom is 0.318 e. The van der Waals surface area contributed by atoms with Crippen LogP contribution in [0, 0.1) is 6.92 Å². The van der Waals surface area contributed by atoms with Crippen molar-refractivity contribution in [3.8, 4) is 0 Å². The van der Waals surface area contributed by atoms with Gasteiger partial charge in [-0.2, -0.15) is 0 Å². The topological polar surface area (TPSA) is 74.3 Å². The summed E-state index contributed by atoms with van der Waals surface area (Å²) in [6, 6.07) is 23.1. The van der Waals surface area contributed by atoms with Crippen molar-refractivity contribution in [2.45, 2.75) is 32.0 Å². The van der Waals surface area contributed by atoms with Crippen LogP contribution >= 0.6 is 0 Å². The third-order valence-electron chi connectivity index (χ3n) is 5.83. The molecule has 2 heterocycles. The number of hydrogen-bond acceptors (Lipinski definition) is 4. The predicted molar refractivity (Wildman–Crippen MR) is 124 cm³/mol. The van der Waals surface area contributed by atoms with E-state index in [4.69, 9.17) is 0 Å². The van der Waals surface area contributed by atoms with Crippen molar-refractivity contribution in [1.29, 1.82) is 0 Å². The lowest BCUT2D eigenvalue weighted by molar-refractivity contribution is 0.0861. The maximum atomic E-state index is 13.5. The molecule has 32 heavy (non-hydrogen) atoms. The number of nitrogens with zero attached hydrogens (tertiary/aromatic N) is 2. The van der Waals surface area contributed by atoms with E-state index in [1.54, 1.807) is 17.2 Å². The molecule has 1 aliphatic rings. The van der Waals surface area contributed by atoms with Crippen LogP contribution in [0.1, 0.15) is 33.6 Å². The second kappa shape index (κ2) is 9.75. The van der Waals surface area contributed by atoms with Gasteiger partial charge in [-0.05, 0) is 43.1 Å². The first-order valence-electron chi connectivity index (χ1n) is 10.9. The minimum Gasteiger partial charge on any atom is -0.324 e. The summed E-state index contributed by atoms with van der Waals surface area (Å²) in [6.07, 6.45) is 2.13. The van der Waals surface area contributed by atoms with Gasteiger partial charge in [0.1, 0.15) is 5.54 Å². The first-order valence-corrected chi connectivity index (χ1v) is 10.9. The number of pyridine rings is 1. The summed E-state index contributed by atoms with van der Waals surface area (Å²) in [5.74, 6) is -0.109. The Labute approximate surface area is 188 Å². The Morgan fingerprint density at radius 1 is 0.969 bits per heavy atom. The first-order chi connectivity index (χ1) is 15.6. The number of hydrogen-bond donors (Lipinski definition) is 2. The van der Waals surface area contributed by atoms with E-state index in [-0.39, 0.29) is 11.8 Å². The smallest absolute Gasteiger partial charge is 0.318 e. The number of amides is 2. The molecule has 1 fully saturated rings. The van der Waals surface area contributed by atoms with E-state index in [2.05, 4.69) is 15.6 Å². The lowest BCUT2D eigenvalue weighted by atomic mass is 9.89. The molecule has 0 spiro atoms. The molecule has 0 saturated carbocycles. The van der Waals surface area contributed by atoms with Gasteiger partial charge >= 0.3 is 6.03 Å². The minimum atomic E-state index is -0.986. The minimum absolute atomic E-state index is 0.109. The standard InChI is InChI=1S/C26H28N4O2/c1-20-12-13-23(16-28-20)24(31)26(14-15-27-19-26)29-25(32)30(17-21-8-4-2-5-9-21)18-22-10-6-3-7-11-22/h2-13,16,27H,14-15,17-19H2,1H3,(H,29,32)/t26-/m1/s1. The summed E-state index contributed by atoms with van der Waals surface area (Å²) in [5, 5.41) is 6.34. The summed E-state index contributed by atoms with van der Waals surface area (Å²) < 4.78 is 0. The Morgan fingerprint density at radius 3 is 2.09 bits per heavy atom. The van der Waals surface area contributed by atoms with Gasteiger partial charge in [0.25, 0.3) is 0 Å². The lowest BCUT2D eigenvalue weighted by Gasteiger charge is -2.32. The van der Waals surface area contributed by atoms with Crippen LogP contribution in [-0.2, 0) is 13.1 Å². The van der Waals surface area contributed by atoms with Crippen LogP contribution in [0.5, 0.6) is 0 Å². The van der Waals surface area contributed by atoms with Crippen molar-refractivity contribution in [3.63, 3.8) is 0 Å². The van der Waals surface area contributed by atoms with E-state index in [0.29, 0.717) is 38.2 Å². The van der Waals surface area contributed by atoms with Gasteiger partial charge in [0, 0.05) is 37.1 Å². The van der Waals surface area contributed by atoms with Crippen LogP contribution in [0.4, 0.5) is 4.79 Å². The molecule has 2 aromatic carbocycles. The van der Waals surface area contributed by atoms with E-state index in [1.165, 1.54) is 0 Å². The van der Waals surface area contributed by atoms with Gasteiger partial charge in [-0.1, -0.05) is 60.7 Å². The molecule has 6 heteroatoms. The zero-order valence-corrected chi connectivity index (χ0v) is 18.3. The first kappa shape index (κ1) is 21.7. The van der Waals surface area contributed by atoms with E-state index in [1.807, 2.05) is 73.7 Å². The summed E-state index contributed by atoms with van der Waals surface area (Å²) in [4.78, 5) is 33.0. The molecular formula is C26H28N4O2. The molecule has 6 nitrogen and oxygen atoms in total. The van der Waals surface area contributed by atoms with Crippen molar-refractivity contribution >= 4 is 11.8 Å². The van der Waals surface area contributed by atoms with E-state index in [9.17, 15) is 9.59 Å². The molecule has 2 N–H and O–H groups in total. The number of aryl methyl sites for hydroxylation is 1. The molecule has 0 aliphatic carbocycles. The van der Waals surface area contributed by atoms with Gasteiger partial charge in [0.05, 0.1) is 0 Å². The Balaban J connectivity index is 1.58. The third kappa shape index (κ3) is 5.03. The SMILES string of the molecule is Cc1ccc(C(=O)[C@@]2(NC(=O)N(Cc3ccccc3)Cc3ccccc3)CCNC2)cn1. The van der Waals surface area contributed by atoms with Crippen molar-refractivity contribution in [1.82, 2.24) is 20.5 Å². The Morgan fingerprint density at radius 2 is 1.59 bits per heavy atom. The van der Waals surface area contributed by atoms with Gasteiger partial charge in [-0.25, -0.2) is 4.79 Å². The van der Waals surface area contributed by atoms with E-state index in [0.717, 1.165) is 16.8 Å². The maximum absolute atomic E-state index is 13.5. The number of carbonyl (C=O) groups is 2. The van der Waals surface area contributed by atoms with E-state index >= 15 is 0 Å². The number of ketones is 1. The number of Topliss-reactive ketones (excluding diaryl/α,β-unsaturated/α-hetero) is 1. The van der Waals surface area contributed by atoms with Crippen LogP contribution in [0.15, 0.2) is 79.0 Å². The highest BCUT2D eigenvalue weighted by Gasteiger charge is 2.43. The quantitative estimate of drug-likeness (QED) is 0.563. The molecule has 3 aromatic rings. The van der Waals surface area contributed by atoms with Crippen LogP contribution < -0.4 is 10.6 Å². The van der Waals surface area contributed by atoms with Crippen molar-refractivity contribution in [2.75, 3.05) is 13.1 Å². The molecule has 1 aromatic heterocycles. The second-order valence-corrected chi connectivity index (χ2v) is 8.28. The molecule has 4 rings (SSSR count). The van der Waals surface area contributed by atoms with Gasteiger partial charge in [-0.3, -0.25) is 9.78 Å². The molecule has 1 saturated heterocycles. The van der Waals surface area contributed by atoms with Gasteiger partial charge < -0.3 is 15.5 Å². The summed E-state index contributed by atoms with van der Waals surface area (Å²) >= 11 is 0. The fourth-order valence-corrected chi connectivity index (χ4v) is 4.02. The average Bonchev–Trinajstić information content (AvgIpc) is 3.29. The van der Waals surface area contributed by atoms with Crippen LogP contribution in [0.25, 0.3) is 0 Å². The Hall–Kier alpha value is -3.51. The van der Waals surface area contributed by atoms with Crippen LogP contribution in [0.2, 0.25) is 0 Å². The summed E-state index contributed by atoms with van der Waals surface area (Å²) in [5.41, 5.74) is 2.44. The summed E-state index contributed by atoms with van der Waals surface area (Å²) in [7, 11) is 0. The Kier molecular flexibility index (Phi) is 6.61. The highest BCUT2D eigenvalue weighted by atomic mass is 16.2. The molecule has 0 unspecified atom stereocenters. The fourth-order valence-electron chi connectivity index (χ4n) is 4.02. The molecule has 1 atom stereocenters. The Bertz CT molecular complexity index is 1000. The number of benzene rings is 2. The van der Waals surface area contributed by atoms with E-state index < -0.39 is 5.54 Å². The zero-order valence-electron chi connectivity index (χ0n) is 18.3. The van der Waals surface area contributed by atoms with Crippen LogP contribution in [-0.4, -0.2) is 40.3 Å².